The molecule has 0 aromatic heterocycles. The average Bonchev–Trinajstić information content (AvgIpc) is 1.60. The third-order valence-corrected chi connectivity index (χ3v) is 2.08. The Hall–Kier alpha value is 1.71. The average molecular weight is 255 g/mol. The smallest absolute Gasteiger partial charge is 0.445 e. The second-order valence-electron chi connectivity index (χ2n) is 2.33. The van der Waals surface area contributed by atoms with Gasteiger partial charge in [-0.15, -0.1) is 5.98 Å². The van der Waals surface area contributed by atoms with E-state index in [1.807, 2.05) is 0 Å². The van der Waals surface area contributed by atoms with Crippen LogP contribution in [0.5, 0.6) is 0 Å². The zero-order chi connectivity index (χ0) is 8.36. The quantitative estimate of drug-likeness (QED) is 0.623. The van der Waals surface area contributed by atoms with E-state index in [4.69, 9.17) is 0 Å². The number of rotatable bonds is 2. The molecule has 0 rings (SSSR count). The normalized spacial score (nSPS) is 13.2. The first kappa shape index (κ1) is 15.2. The second kappa shape index (κ2) is 6.21. The van der Waals surface area contributed by atoms with Crippen LogP contribution in [0.15, 0.2) is 10.5 Å². The van der Waals surface area contributed by atoms with Gasteiger partial charge in [0.05, 0.1) is 0 Å². The molecule has 60 valence electrons. The molecule has 0 aromatic carbocycles. The van der Waals surface area contributed by atoms with Crippen LogP contribution in [0.2, 0.25) is 0 Å². The molecular weight excluding hydrogens is 247 g/mol. The summed E-state index contributed by atoms with van der Waals surface area (Å²) in [6, 6.07) is 0. The van der Waals surface area contributed by atoms with E-state index in [9.17, 15) is 12.9 Å². The summed E-state index contributed by atoms with van der Waals surface area (Å²) in [7, 11) is 0. The molecule has 0 amide bonds. The van der Waals surface area contributed by atoms with Crippen molar-refractivity contribution < 1.29 is 64.3 Å². The molecule has 0 atom stereocenters. The summed E-state index contributed by atoms with van der Waals surface area (Å²) in [5, 5.41) is 0. The molecule has 0 saturated heterocycles. The Labute approximate surface area is 116 Å². The molecule has 11 heavy (non-hydrogen) atoms. The van der Waals surface area contributed by atoms with Gasteiger partial charge in [0.1, 0.15) is 0 Å². The van der Waals surface area contributed by atoms with Crippen LogP contribution in [0.3, 0.4) is 0 Å². The maximum atomic E-state index is 11.6. The Bertz CT molecular complexity index is 143. The van der Waals surface area contributed by atoms with Gasteiger partial charge in [0.15, 0.2) is 0 Å². The molecule has 0 bridgehead atoms. The Morgan fingerprint density at radius 3 is 1.82 bits per heavy atom. The van der Waals surface area contributed by atoms with Gasteiger partial charge in [0.2, 0.25) is 0 Å². The molecule has 0 radical (unpaired) electrons. The van der Waals surface area contributed by atoms with Crippen LogP contribution in [0.4, 0.5) is 12.9 Å². The van der Waals surface area contributed by atoms with E-state index in [1.54, 1.807) is 13.8 Å². The fraction of sp³-hybridized carbons (Fsp3) is 0.600. The number of halogens is 4. The molecule has 0 unspecified atom stereocenters. The maximum absolute atomic E-state index is 11.6. The van der Waals surface area contributed by atoms with Crippen LogP contribution in [-0.2, 0) is 0 Å². The third-order valence-electron chi connectivity index (χ3n) is 0.900. The van der Waals surface area contributed by atoms with Crippen LogP contribution < -0.4 is 51.4 Å². The summed E-state index contributed by atoms with van der Waals surface area (Å²) in [4.78, 5) is 0. The van der Waals surface area contributed by atoms with Crippen molar-refractivity contribution in [2.45, 2.75) is 13.8 Å². The van der Waals surface area contributed by atoms with Gasteiger partial charge in [-0.1, -0.05) is 29.8 Å². The molecule has 0 N–H and O–H groups in total. The number of hydrogen-bond acceptors (Lipinski definition) is 0. The van der Waals surface area contributed by atoms with Crippen molar-refractivity contribution in [3.05, 3.63) is 10.5 Å². The number of hydrogen-bond donors (Lipinski definition) is 0. The first-order valence-electron chi connectivity index (χ1n) is 2.91. The standard InChI is InChI=1S/C5H8BBrF3.K/c1-4(2)5(7)3-6(8,9)10;/h3-4H,1-2H3;/q-1;+1. The van der Waals surface area contributed by atoms with Crippen LogP contribution in [0.1, 0.15) is 13.8 Å². The van der Waals surface area contributed by atoms with E-state index in [0.29, 0.717) is 5.98 Å². The monoisotopic (exact) mass is 254 g/mol. The van der Waals surface area contributed by atoms with Gasteiger partial charge in [0.25, 0.3) is 0 Å². The van der Waals surface area contributed by atoms with E-state index in [0.717, 1.165) is 0 Å². The molecule has 0 spiro atoms. The van der Waals surface area contributed by atoms with Crippen molar-refractivity contribution in [1.29, 1.82) is 0 Å². The molecule has 6 heteroatoms. The van der Waals surface area contributed by atoms with Gasteiger partial charge in [-0.2, -0.15) is 0 Å². The van der Waals surface area contributed by atoms with Crippen LogP contribution in [-0.4, -0.2) is 6.98 Å². The summed E-state index contributed by atoms with van der Waals surface area (Å²) < 4.78 is 35.1. The van der Waals surface area contributed by atoms with Crippen molar-refractivity contribution in [3.8, 4) is 0 Å². The topological polar surface area (TPSA) is 0 Å². The van der Waals surface area contributed by atoms with Crippen LogP contribution in [0.25, 0.3) is 0 Å². The molecule has 0 nitrogen and oxygen atoms in total. The van der Waals surface area contributed by atoms with Crippen molar-refractivity contribution in [3.63, 3.8) is 0 Å². The maximum Gasteiger partial charge on any atom is 1.00 e. The van der Waals surface area contributed by atoms with E-state index in [1.165, 1.54) is 0 Å². The minimum absolute atomic E-state index is 0. The van der Waals surface area contributed by atoms with Gasteiger partial charge in [-0.3, -0.25) is 0 Å². The SMILES string of the molecule is CC(C)C(Br)=C[B-](F)(F)F.[K+]. The molecule has 0 fully saturated rings. The largest absolute Gasteiger partial charge is 1.00 e. The predicted molar refractivity (Wildman–Crippen MR) is 40.9 cm³/mol. The van der Waals surface area contributed by atoms with Crippen LogP contribution in [0, 0.1) is 5.92 Å². The Morgan fingerprint density at radius 1 is 1.36 bits per heavy atom. The molecule has 0 aliphatic heterocycles. The molecule has 0 aromatic rings. The van der Waals surface area contributed by atoms with Gasteiger partial charge in [0, 0.05) is 0 Å². The first-order valence-corrected chi connectivity index (χ1v) is 3.70. The zero-order valence-corrected chi connectivity index (χ0v) is 11.5. The van der Waals surface area contributed by atoms with Crippen molar-refractivity contribution in [2.75, 3.05) is 0 Å². The van der Waals surface area contributed by atoms with E-state index >= 15 is 0 Å². The Kier molecular flexibility index (Phi) is 8.58. The first-order chi connectivity index (χ1) is 4.33. The Balaban J connectivity index is 0. The third kappa shape index (κ3) is 9.63. The minimum atomic E-state index is -4.78. The molecule has 0 saturated carbocycles. The fourth-order valence-corrected chi connectivity index (χ4v) is 0.673. The molecule has 0 aliphatic carbocycles. The summed E-state index contributed by atoms with van der Waals surface area (Å²) in [5.74, 6) is 0.230. The summed E-state index contributed by atoms with van der Waals surface area (Å²) >= 11 is 2.83. The zero-order valence-electron chi connectivity index (χ0n) is 6.74. The Morgan fingerprint density at radius 2 is 1.73 bits per heavy atom. The second-order valence-corrected chi connectivity index (χ2v) is 3.25. The van der Waals surface area contributed by atoms with E-state index < -0.39 is 6.98 Å². The molecular formula is C5H8BBrF3K. The van der Waals surface area contributed by atoms with Crippen molar-refractivity contribution in [2.24, 2.45) is 5.92 Å². The number of allylic oxidation sites excluding steroid dienone is 1. The van der Waals surface area contributed by atoms with Gasteiger partial charge in [-0.25, -0.2) is 0 Å². The fourth-order valence-electron chi connectivity index (χ4n) is 0.373. The van der Waals surface area contributed by atoms with E-state index in [-0.39, 0.29) is 61.8 Å². The predicted octanol–water partition coefficient (Wildman–Crippen LogP) is 0.312. The van der Waals surface area contributed by atoms with Gasteiger partial charge in [-0.05, 0) is 10.4 Å². The van der Waals surface area contributed by atoms with Gasteiger partial charge < -0.3 is 12.9 Å². The summed E-state index contributed by atoms with van der Waals surface area (Å²) in [6.45, 7) is -1.39. The molecule has 0 aliphatic rings. The van der Waals surface area contributed by atoms with Crippen molar-refractivity contribution >= 4 is 22.9 Å². The molecule has 0 heterocycles. The summed E-state index contributed by atoms with van der Waals surface area (Å²) in [6.07, 6.45) is 0. The van der Waals surface area contributed by atoms with Gasteiger partial charge >= 0.3 is 58.4 Å². The van der Waals surface area contributed by atoms with Crippen molar-refractivity contribution in [1.82, 2.24) is 0 Å². The minimum Gasteiger partial charge on any atom is -0.445 e. The van der Waals surface area contributed by atoms with E-state index in [2.05, 4.69) is 15.9 Å². The summed E-state index contributed by atoms with van der Waals surface area (Å²) in [5.41, 5.74) is 0. The van der Waals surface area contributed by atoms with Crippen LogP contribution >= 0.6 is 15.9 Å².